The monoisotopic (exact) mass is 359 g/mol. The summed E-state index contributed by atoms with van der Waals surface area (Å²) in [5, 5.41) is 3.70. The van der Waals surface area contributed by atoms with Crippen LogP contribution in [0, 0.1) is 5.92 Å². The Kier molecular flexibility index (Phi) is 5.07. The van der Waals surface area contributed by atoms with Gasteiger partial charge in [-0.25, -0.2) is 0 Å². The van der Waals surface area contributed by atoms with Gasteiger partial charge >= 0.3 is 0 Å². The van der Waals surface area contributed by atoms with Crippen molar-refractivity contribution in [3.8, 4) is 0 Å². The molecule has 1 aromatic rings. The number of hydrogen-bond donors (Lipinski definition) is 1. The van der Waals surface area contributed by atoms with E-state index in [0.717, 1.165) is 21.4 Å². The van der Waals surface area contributed by atoms with Crippen LogP contribution in [0.25, 0.3) is 0 Å². The van der Waals surface area contributed by atoms with Gasteiger partial charge in [0.2, 0.25) is 0 Å². The second-order valence-electron chi connectivity index (χ2n) is 5.00. The zero-order valence-corrected chi connectivity index (χ0v) is 13.4. The van der Waals surface area contributed by atoms with E-state index in [-0.39, 0.29) is 0 Å². The summed E-state index contributed by atoms with van der Waals surface area (Å²) in [5.74, 6) is 0.822. The smallest absolute Gasteiger partial charge is 0.0320 e. The second kappa shape index (κ2) is 6.35. The maximum absolute atomic E-state index is 3.70. The Hall–Kier alpha value is 0.140. The van der Waals surface area contributed by atoms with E-state index >= 15 is 0 Å². The molecule has 1 nitrogen and oxygen atoms in total. The zero-order valence-electron chi connectivity index (χ0n) is 10.2. The van der Waals surface area contributed by atoms with E-state index in [4.69, 9.17) is 0 Å². The lowest BCUT2D eigenvalue weighted by Gasteiger charge is -2.29. The molecule has 0 aliphatic heterocycles. The van der Waals surface area contributed by atoms with Gasteiger partial charge in [-0.1, -0.05) is 25.8 Å². The molecule has 0 bridgehead atoms. The van der Waals surface area contributed by atoms with Crippen molar-refractivity contribution in [2.75, 3.05) is 0 Å². The van der Waals surface area contributed by atoms with Crippen molar-refractivity contribution < 1.29 is 0 Å². The molecule has 1 N–H and O–H groups in total. The van der Waals surface area contributed by atoms with Gasteiger partial charge in [0.05, 0.1) is 0 Å². The Labute approximate surface area is 121 Å². The van der Waals surface area contributed by atoms with E-state index in [1.807, 2.05) is 0 Å². The van der Waals surface area contributed by atoms with Crippen LogP contribution in [-0.4, -0.2) is 6.04 Å². The molecule has 17 heavy (non-hydrogen) atoms. The third kappa shape index (κ3) is 3.80. The number of nitrogens with one attached hydrogen (secondary N) is 1. The normalized spacial score (nSPS) is 24.9. The van der Waals surface area contributed by atoms with E-state index in [1.165, 1.54) is 31.2 Å². The molecule has 1 aliphatic carbocycles. The van der Waals surface area contributed by atoms with Crippen LogP contribution in [0.1, 0.15) is 38.2 Å². The molecule has 3 heteroatoms. The van der Waals surface area contributed by atoms with Gasteiger partial charge in [-0.2, -0.15) is 0 Å². The van der Waals surface area contributed by atoms with Crippen molar-refractivity contribution in [1.82, 2.24) is 5.32 Å². The molecule has 0 radical (unpaired) electrons. The van der Waals surface area contributed by atoms with Crippen LogP contribution in [0.3, 0.4) is 0 Å². The highest BCUT2D eigenvalue weighted by Crippen LogP contribution is 2.26. The molecular formula is C14H19Br2N. The summed E-state index contributed by atoms with van der Waals surface area (Å²) in [4.78, 5) is 0. The lowest BCUT2D eigenvalue weighted by atomic mass is 9.86. The summed E-state index contributed by atoms with van der Waals surface area (Å²) >= 11 is 7.05. The second-order valence-corrected chi connectivity index (χ2v) is 6.71. The molecule has 1 aromatic carbocycles. The zero-order chi connectivity index (χ0) is 12.3. The molecule has 2 atom stereocenters. The first-order valence-electron chi connectivity index (χ1n) is 6.34. The largest absolute Gasteiger partial charge is 0.310 e. The summed E-state index contributed by atoms with van der Waals surface area (Å²) in [6, 6.07) is 7.16. The van der Waals surface area contributed by atoms with Crippen LogP contribution in [0.4, 0.5) is 0 Å². The van der Waals surface area contributed by atoms with E-state index in [1.54, 1.807) is 0 Å². The Morgan fingerprint density at radius 3 is 2.65 bits per heavy atom. The lowest BCUT2D eigenvalue weighted by molar-refractivity contribution is 0.279. The number of rotatable bonds is 3. The molecule has 0 amide bonds. The van der Waals surface area contributed by atoms with E-state index in [0.29, 0.717) is 6.04 Å². The predicted molar refractivity (Wildman–Crippen MR) is 80.1 cm³/mol. The minimum atomic E-state index is 0.700. The predicted octanol–water partition coefficient (Wildman–Crippen LogP) is 4.88. The first-order valence-corrected chi connectivity index (χ1v) is 7.92. The first kappa shape index (κ1) is 13.6. The van der Waals surface area contributed by atoms with Gasteiger partial charge in [0.15, 0.2) is 0 Å². The first-order chi connectivity index (χ1) is 8.16. The molecule has 0 spiro atoms. The third-order valence-corrected chi connectivity index (χ3v) is 5.54. The SMILES string of the molecule is CC1CCCCC1NCc1ccc(Br)c(Br)c1. The van der Waals surface area contributed by atoms with Gasteiger partial charge < -0.3 is 5.32 Å². The Bertz CT molecular complexity index is 378. The molecule has 0 aromatic heterocycles. The van der Waals surface area contributed by atoms with Crippen LogP contribution in [0.15, 0.2) is 27.1 Å². The van der Waals surface area contributed by atoms with E-state index in [2.05, 4.69) is 62.3 Å². The maximum atomic E-state index is 3.70. The van der Waals surface area contributed by atoms with E-state index < -0.39 is 0 Å². The highest BCUT2D eigenvalue weighted by atomic mass is 79.9. The van der Waals surface area contributed by atoms with Crippen molar-refractivity contribution >= 4 is 31.9 Å². The van der Waals surface area contributed by atoms with Crippen molar-refractivity contribution in [3.63, 3.8) is 0 Å². The van der Waals surface area contributed by atoms with Crippen molar-refractivity contribution in [1.29, 1.82) is 0 Å². The molecule has 1 aliphatic rings. The quantitative estimate of drug-likeness (QED) is 0.809. The van der Waals surface area contributed by atoms with Crippen LogP contribution < -0.4 is 5.32 Å². The molecular weight excluding hydrogens is 342 g/mol. The Morgan fingerprint density at radius 1 is 1.18 bits per heavy atom. The molecule has 2 unspecified atom stereocenters. The topological polar surface area (TPSA) is 12.0 Å². The summed E-state index contributed by atoms with van der Waals surface area (Å²) < 4.78 is 2.25. The summed E-state index contributed by atoms with van der Waals surface area (Å²) in [7, 11) is 0. The molecule has 94 valence electrons. The average Bonchev–Trinajstić information content (AvgIpc) is 2.32. The van der Waals surface area contributed by atoms with Gasteiger partial charge in [-0.05, 0) is 68.3 Å². The standard InChI is InChI=1S/C14H19Br2N/c1-10-4-2-3-5-14(10)17-9-11-6-7-12(15)13(16)8-11/h6-8,10,14,17H,2-5,9H2,1H3. The average molecular weight is 361 g/mol. The highest BCUT2D eigenvalue weighted by molar-refractivity contribution is 9.13. The summed E-state index contributed by atoms with van der Waals surface area (Å²) in [6.45, 7) is 3.34. The Balaban J connectivity index is 1.90. The van der Waals surface area contributed by atoms with Gasteiger partial charge in [-0.3, -0.25) is 0 Å². The highest BCUT2D eigenvalue weighted by Gasteiger charge is 2.20. The van der Waals surface area contributed by atoms with Crippen LogP contribution in [-0.2, 0) is 6.54 Å². The molecule has 0 saturated heterocycles. The fourth-order valence-corrected chi connectivity index (χ4v) is 3.19. The minimum absolute atomic E-state index is 0.700. The van der Waals surface area contributed by atoms with E-state index in [9.17, 15) is 0 Å². The summed E-state index contributed by atoms with van der Waals surface area (Å²) in [6.07, 6.45) is 5.50. The number of benzene rings is 1. The maximum Gasteiger partial charge on any atom is 0.0320 e. The molecule has 1 saturated carbocycles. The fraction of sp³-hybridized carbons (Fsp3) is 0.571. The summed E-state index contributed by atoms with van der Waals surface area (Å²) in [5.41, 5.74) is 1.35. The molecule has 0 heterocycles. The van der Waals surface area contributed by atoms with Crippen LogP contribution >= 0.6 is 31.9 Å². The number of hydrogen-bond acceptors (Lipinski definition) is 1. The Morgan fingerprint density at radius 2 is 1.94 bits per heavy atom. The molecule has 2 rings (SSSR count). The van der Waals surface area contributed by atoms with Crippen molar-refractivity contribution in [3.05, 3.63) is 32.7 Å². The number of halogens is 2. The van der Waals surface area contributed by atoms with Crippen molar-refractivity contribution in [2.45, 2.75) is 45.2 Å². The van der Waals surface area contributed by atoms with Crippen molar-refractivity contribution in [2.24, 2.45) is 5.92 Å². The third-order valence-electron chi connectivity index (χ3n) is 3.66. The van der Waals surface area contributed by atoms with Crippen LogP contribution in [0.5, 0.6) is 0 Å². The van der Waals surface area contributed by atoms with Gasteiger partial charge in [0.25, 0.3) is 0 Å². The van der Waals surface area contributed by atoms with Crippen LogP contribution in [0.2, 0.25) is 0 Å². The van der Waals surface area contributed by atoms with Gasteiger partial charge in [-0.15, -0.1) is 0 Å². The lowest BCUT2D eigenvalue weighted by Crippen LogP contribution is -2.36. The minimum Gasteiger partial charge on any atom is -0.310 e. The van der Waals surface area contributed by atoms with Gasteiger partial charge in [0, 0.05) is 21.5 Å². The fourth-order valence-electron chi connectivity index (χ4n) is 2.52. The van der Waals surface area contributed by atoms with Gasteiger partial charge in [0.1, 0.15) is 0 Å². The molecule has 1 fully saturated rings.